The van der Waals surface area contributed by atoms with Gasteiger partial charge in [-0.1, -0.05) is 30.3 Å². The maximum atomic E-state index is 11.8. The average Bonchev–Trinajstić information content (AvgIpc) is 2.52. The van der Waals surface area contributed by atoms with Crippen LogP contribution in [0.2, 0.25) is 0 Å². The monoisotopic (exact) mass is 234 g/mol. The molecule has 0 saturated heterocycles. The van der Waals surface area contributed by atoms with E-state index in [-0.39, 0.29) is 11.8 Å². The molecule has 2 rings (SSSR count). The summed E-state index contributed by atoms with van der Waals surface area (Å²) in [6.45, 7) is 3.51. The predicted octanol–water partition coefficient (Wildman–Crippen LogP) is 0.322. The summed E-state index contributed by atoms with van der Waals surface area (Å²) in [4.78, 5) is 11.8. The van der Waals surface area contributed by atoms with Crippen molar-refractivity contribution in [3.8, 4) is 0 Å². The Balaban J connectivity index is 2.46. The molecule has 17 heavy (non-hydrogen) atoms. The third kappa shape index (κ3) is 1.83. The van der Waals surface area contributed by atoms with Crippen molar-refractivity contribution in [3.05, 3.63) is 35.9 Å². The fraction of sp³-hybridized carbons (Fsp3) is 0.333. The molecule has 2 N–H and O–H groups in total. The smallest absolute Gasteiger partial charge is 0.309 e. The van der Waals surface area contributed by atoms with E-state index in [4.69, 9.17) is 0 Å². The summed E-state index contributed by atoms with van der Waals surface area (Å²) < 4.78 is 0. The largest absolute Gasteiger partial charge is 0.353 e. The minimum atomic E-state index is -2.54. The van der Waals surface area contributed by atoms with Gasteiger partial charge in [-0.15, -0.1) is 0 Å². The molecule has 0 spiro atoms. The molecule has 90 valence electrons. The molecule has 0 fully saturated rings. The lowest BCUT2D eigenvalue weighted by atomic mass is 10.0. The van der Waals surface area contributed by atoms with E-state index >= 15 is 0 Å². The number of hydrazone groups is 1. The first-order chi connectivity index (χ1) is 7.94. The Morgan fingerprint density at radius 3 is 2.29 bits per heavy atom. The lowest BCUT2D eigenvalue weighted by Crippen LogP contribution is -2.47. The molecule has 1 aromatic carbocycles. The van der Waals surface area contributed by atoms with Gasteiger partial charge in [0, 0.05) is 5.56 Å². The molecule has 5 nitrogen and oxygen atoms in total. The average molecular weight is 234 g/mol. The summed E-state index contributed by atoms with van der Waals surface area (Å²) in [5.41, 5.74) is 0.491. The summed E-state index contributed by atoms with van der Waals surface area (Å²) in [6, 6.07) is 8.43. The fourth-order valence-corrected chi connectivity index (χ4v) is 1.69. The van der Waals surface area contributed by atoms with E-state index < -0.39 is 11.7 Å². The van der Waals surface area contributed by atoms with E-state index in [1.165, 1.54) is 0 Å². The number of nitrogens with zero attached hydrogens (tertiary/aromatic N) is 2. The van der Waals surface area contributed by atoms with Crippen molar-refractivity contribution < 1.29 is 15.0 Å². The predicted molar refractivity (Wildman–Crippen MR) is 62.1 cm³/mol. The summed E-state index contributed by atoms with van der Waals surface area (Å²) in [6.07, 6.45) is 0. The number of hydrogen-bond donors (Lipinski definition) is 2. The molecule has 1 heterocycles. The third-order valence-electron chi connectivity index (χ3n) is 2.58. The highest BCUT2D eigenvalue weighted by Crippen LogP contribution is 2.24. The first-order valence-corrected chi connectivity index (χ1v) is 5.37. The maximum absolute atomic E-state index is 11.8. The number of amides is 1. The number of aliphatic hydroxyl groups is 2. The molecule has 5 heteroatoms. The first-order valence-electron chi connectivity index (χ1n) is 5.37. The van der Waals surface area contributed by atoms with E-state index in [9.17, 15) is 15.0 Å². The van der Waals surface area contributed by atoms with Gasteiger partial charge in [-0.2, -0.15) is 5.10 Å². The van der Waals surface area contributed by atoms with Gasteiger partial charge < -0.3 is 10.2 Å². The molecule has 1 aromatic rings. The number of rotatable bonds is 2. The Bertz CT molecular complexity index is 466. The van der Waals surface area contributed by atoms with E-state index in [0.29, 0.717) is 5.56 Å². The molecule has 1 aliphatic rings. The Kier molecular flexibility index (Phi) is 2.73. The van der Waals surface area contributed by atoms with E-state index in [2.05, 4.69) is 5.10 Å². The summed E-state index contributed by atoms with van der Waals surface area (Å²) in [7, 11) is 0. The van der Waals surface area contributed by atoms with Crippen LogP contribution in [0.4, 0.5) is 0 Å². The highest BCUT2D eigenvalue weighted by molar-refractivity contribution is 6.20. The van der Waals surface area contributed by atoms with E-state index in [1.54, 1.807) is 44.2 Å². The lowest BCUT2D eigenvalue weighted by molar-refractivity contribution is -0.169. The van der Waals surface area contributed by atoms with Gasteiger partial charge >= 0.3 is 5.91 Å². The SMILES string of the molecule is CC(C)N1N=C(c2ccccc2)C(O)(O)C1=O. The van der Waals surface area contributed by atoms with Gasteiger partial charge in [-0.05, 0) is 13.8 Å². The zero-order valence-electron chi connectivity index (χ0n) is 9.66. The second-order valence-electron chi connectivity index (χ2n) is 4.23. The zero-order chi connectivity index (χ0) is 12.6. The van der Waals surface area contributed by atoms with Crippen LogP contribution in [-0.4, -0.2) is 38.7 Å². The van der Waals surface area contributed by atoms with Crippen molar-refractivity contribution in [2.24, 2.45) is 5.10 Å². The van der Waals surface area contributed by atoms with Crippen molar-refractivity contribution in [2.45, 2.75) is 25.7 Å². The number of carbonyl (C=O) groups excluding carboxylic acids is 1. The van der Waals surface area contributed by atoms with Crippen LogP contribution in [-0.2, 0) is 4.79 Å². The van der Waals surface area contributed by atoms with Gasteiger partial charge in [0.1, 0.15) is 5.71 Å². The zero-order valence-corrected chi connectivity index (χ0v) is 9.66. The molecule has 1 amide bonds. The summed E-state index contributed by atoms with van der Waals surface area (Å²) in [5.74, 6) is -3.35. The molecular weight excluding hydrogens is 220 g/mol. The van der Waals surface area contributed by atoms with Gasteiger partial charge in [-0.3, -0.25) is 4.79 Å². The Morgan fingerprint density at radius 1 is 1.24 bits per heavy atom. The molecular formula is C12H14N2O3. The maximum Gasteiger partial charge on any atom is 0.309 e. The molecule has 0 radical (unpaired) electrons. The van der Waals surface area contributed by atoms with Crippen LogP contribution >= 0.6 is 0 Å². The van der Waals surface area contributed by atoms with Crippen LogP contribution in [0.15, 0.2) is 35.4 Å². The van der Waals surface area contributed by atoms with Crippen molar-refractivity contribution >= 4 is 11.6 Å². The summed E-state index contributed by atoms with van der Waals surface area (Å²) >= 11 is 0. The van der Waals surface area contributed by atoms with Crippen molar-refractivity contribution in [3.63, 3.8) is 0 Å². The number of benzene rings is 1. The third-order valence-corrected chi connectivity index (χ3v) is 2.58. The van der Waals surface area contributed by atoms with Crippen LogP contribution < -0.4 is 0 Å². The molecule has 0 aliphatic carbocycles. The van der Waals surface area contributed by atoms with Gasteiger partial charge in [0.15, 0.2) is 0 Å². The van der Waals surface area contributed by atoms with Gasteiger partial charge in [0.2, 0.25) is 0 Å². The van der Waals surface area contributed by atoms with Crippen molar-refractivity contribution in [2.75, 3.05) is 0 Å². The molecule has 0 bridgehead atoms. The van der Waals surface area contributed by atoms with Gasteiger partial charge in [-0.25, -0.2) is 5.01 Å². The Hall–Kier alpha value is -1.72. The number of carbonyl (C=O) groups is 1. The summed E-state index contributed by atoms with van der Waals surface area (Å²) in [5, 5.41) is 24.7. The van der Waals surface area contributed by atoms with Crippen LogP contribution in [0.5, 0.6) is 0 Å². The molecule has 0 unspecified atom stereocenters. The highest BCUT2D eigenvalue weighted by atomic mass is 16.5. The molecule has 1 aliphatic heterocycles. The normalized spacial score (nSPS) is 18.8. The molecule has 0 atom stereocenters. The minimum Gasteiger partial charge on any atom is -0.353 e. The van der Waals surface area contributed by atoms with E-state index in [1.807, 2.05) is 0 Å². The topological polar surface area (TPSA) is 73.1 Å². The van der Waals surface area contributed by atoms with Gasteiger partial charge in [0.25, 0.3) is 5.79 Å². The second-order valence-corrected chi connectivity index (χ2v) is 4.23. The Labute approximate surface area is 99.0 Å². The first kappa shape index (κ1) is 11.8. The number of hydrogen-bond acceptors (Lipinski definition) is 4. The van der Waals surface area contributed by atoms with Crippen LogP contribution in [0.1, 0.15) is 19.4 Å². The van der Waals surface area contributed by atoms with Crippen molar-refractivity contribution in [1.29, 1.82) is 0 Å². The fourth-order valence-electron chi connectivity index (χ4n) is 1.69. The molecule has 0 saturated carbocycles. The quantitative estimate of drug-likeness (QED) is 0.724. The van der Waals surface area contributed by atoms with E-state index in [0.717, 1.165) is 5.01 Å². The second kappa shape index (κ2) is 3.94. The van der Waals surface area contributed by atoms with Crippen molar-refractivity contribution in [1.82, 2.24) is 5.01 Å². The van der Waals surface area contributed by atoms with Crippen LogP contribution in [0.25, 0.3) is 0 Å². The van der Waals surface area contributed by atoms with Gasteiger partial charge in [0.05, 0.1) is 6.04 Å². The standard InChI is InChI=1S/C12H14N2O3/c1-8(2)14-11(15)12(16,17)10(13-14)9-6-4-3-5-7-9/h3-8,16-17H,1-2H3. The molecule has 0 aromatic heterocycles. The highest BCUT2D eigenvalue weighted by Gasteiger charge is 2.49. The van der Waals surface area contributed by atoms with Crippen LogP contribution in [0, 0.1) is 0 Å². The Morgan fingerprint density at radius 2 is 1.82 bits per heavy atom. The minimum absolute atomic E-state index is 0.0307. The van der Waals surface area contributed by atoms with Crippen LogP contribution in [0.3, 0.4) is 0 Å². The lowest BCUT2D eigenvalue weighted by Gasteiger charge is -2.19.